The Kier molecular flexibility index (Phi) is 3.48. The average Bonchev–Trinajstić information content (AvgIpc) is 2.17. The molecule has 1 aromatic rings. The van der Waals surface area contributed by atoms with Crippen LogP contribution in [0, 0.1) is 0 Å². The van der Waals surface area contributed by atoms with Crippen LogP contribution in [0.1, 0.15) is 23.7 Å². The zero-order chi connectivity index (χ0) is 9.84. The first-order valence-corrected chi connectivity index (χ1v) is 5.04. The SMILES string of the molecule is CC[C@@H](Br)C(=O)c1ccc(O)cc1. The number of Topliss-reactive ketones (excluding diaryl/α,β-unsaturated/α-hetero) is 1. The number of carbonyl (C=O) groups excluding carboxylic acids is 1. The molecule has 13 heavy (non-hydrogen) atoms. The maximum Gasteiger partial charge on any atom is 0.176 e. The normalized spacial score (nSPS) is 12.5. The number of rotatable bonds is 3. The first-order valence-electron chi connectivity index (χ1n) is 4.12. The molecule has 1 aromatic carbocycles. The Morgan fingerprint density at radius 2 is 2.00 bits per heavy atom. The second kappa shape index (κ2) is 4.42. The van der Waals surface area contributed by atoms with E-state index in [1.54, 1.807) is 12.1 Å². The molecule has 0 aliphatic carbocycles. The lowest BCUT2D eigenvalue weighted by molar-refractivity contribution is 0.0990. The lowest BCUT2D eigenvalue weighted by Gasteiger charge is -2.05. The zero-order valence-corrected chi connectivity index (χ0v) is 8.91. The standard InChI is InChI=1S/C10H11BrO2/c1-2-9(11)10(13)7-3-5-8(12)6-4-7/h3-6,9,12H,2H2,1H3/t9-/m1/s1. The maximum absolute atomic E-state index is 11.6. The van der Waals surface area contributed by atoms with Crippen molar-refractivity contribution in [2.75, 3.05) is 0 Å². The van der Waals surface area contributed by atoms with E-state index in [4.69, 9.17) is 5.11 Å². The molecular weight excluding hydrogens is 232 g/mol. The number of benzene rings is 1. The number of ketones is 1. The predicted molar refractivity (Wildman–Crippen MR) is 55.4 cm³/mol. The summed E-state index contributed by atoms with van der Waals surface area (Å²) in [6.45, 7) is 1.94. The number of hydrogen-bond acceptors (Lipinski definition) is 2. The highest BCUT2D eigenvalue weighted by molar-refractivity contribution is 9.10. The third kappa shape index (κ3) is 2.56. The van der Waals surface area contributed by atoms with Gasteiger partial charge in [-0.1, -0.05) is 22.9 Å². The Hall–Kier alpha value is -0.830. The van der Waals surface area contributed by atoms with Gasteiger partial charge in [-0.15, -0.1) is 0 Å². The van der Waals surface area contributed by atoms with Gasteiger partial charge in [0.1, 0.15) is 5.75 Å². The van der Waals surface area contributed by atoms with Crippen molar-refractivity contribution in [3.05, 3.63) is 29.8 Å². The molecular formula is C10H11BrO2. The lowest BCUT2D eigenvalue weighted by Crippen LogP contribution is -2.12. The van der Waals surface area contributed by atoms with Crippen molar-refractivity contribution in [3.63, 3.8) is 0 Å². The zero-order valence-electron chi connectivity index (χ0n) is 7.33. The van der Waals surface area contributed by atoms with Crippen LogP contribution in [0.3, 0.4) is 0 Å². The van der Waals surface area contributed by atoms with Crippen molar-refractivity contribution >= 4 is 21.7 Å². The third-order valence-electron chi connectivity index (χ3n) is 1.79. The first kappa shape index (κ1) is 10.3. The molecule has 0 aromatic heterocycles. The van der Waals surface area contributed by atoms with Gasteiger partial charge in [-0.2, -0.15) is 0 Å². The molecule has 1 atom stereocenters. The minimum Gasteiger partial charge on any atom is -0.508 e. The van der Waals surface area contributed by atoms with Crippen molar-refractivity contribution in [1.82, 2.24) is 0 Å². The Labute approximate surface area is 85.7 Å². The van der Waals surface area contributed by atoms with Crippen LogP contribution < -0.4 is 0 Å². The van der Waals surface area contributed by atoms with Gasteiger partial charge in [0.05, 0.1) is 4.83 Å². The van der Waals surface area contributed by atoms with Gasteiger partial charge < -0.3 is 5.11 Å². The Morgan fingerprint density at radius 3 is 2.46 bits per heavy atom. The van der Waals surface area contributed by atoms with E-state index in [1.807, 2.05) is 6.92 Å². The summed E-state index contributed by atoms with van der Waals surface area (Å²) < 4.78 is 0. The number of phenolic OH excluding ortho intramolecular Hbond substituents is 1. The molecule has 0 aliphatic rings. The van der Waals surface area contributed by atoms with Gasteiger partial charge >= 0.3 is 0 Å². The maximum atomic E-state index is 11.6. The van der Waals surface area contributed by atoms with Crippen LogP contribution in [0.15, 0.2) is 24.3 Å². The molecule has 3 heteroatoms. The quantitative estimate of drug-likeness (QED) is 0.654. The third-order valence-corrected chi connectivity index (χ3v) is 2.86. The number of aromatic hydroxyl groups is 1. The van der Waals surface area contributed by atoms with Crippen LogP contribution in [0.25, 0.3) is 0 Å². The molecule has 0 spiro atoms. The Morgan fingerprint density at radius 1 is 1.46 bits per heavy atom. The van der Waals surface area contributed by atoms with E-state index in [0.717, 1.165) is 6.42 Å². The number of carbonyl (C=O) groups is 1. The molecule has 0 unspecified atom stereocenters. The average molecular weight is 243 g/mol. The van der Waals surface area contributed by atoms with E-state index in [9.17, 15) is 4.79 Å². The Bertz CT molecular complexity index is 292. The monoisotopic (exact) mass is 242 g/mol. The molecule has 70 valence electrons. The van der Waals surface area contributed by atoms with Crippen LogP contribution in [0.4, 0.5) is 0 Å². The van der Waals surface area contributed by atoms with E-state index in [1.165, 1.54) is 12.1 Å². The van der Waals surface area contributed by atoms with Gasteiger partial charge in [-0.3, -0.25) is 4.79 Å². The number of hydrogen-bond donors (Lipinski definition) is 1. The summed E-state index contributed by atoms with van der Waals surface area (Å²) in [5.74, 6) is 0.238. The van der Waals surface area contributed by atoms with Crippen molar-refractivity contribution in [2.45, 2.75) is 18.2 Å². The summed E-state index contributed by atoms with van der Waals surface area (Å²) >= 11 is 3.29. The molecule has 2 nitrogen and oxygen atoms in total. The summed E-state index contributed by atoms with van der Waals surface area (Å²) in [6.07, 6.45) is 0.764. The van der Waals surface area contributed by atoms with Gasteiger partial charge in [0, 0.05) is 5.56 Å². The molecule has 0 saturated heterocycles. The Balaban J connectivity index is 2.83. The summed E-state index contributed by atoms with van der Waals surface area (Å²) in [5.41, 5.74) is 0.626. The van der Waals surface area contributed by atoms with Crippen LogP contribution in [-0.2, 0) is 0 Å². The summed E-state index contributed by atoms with van der Waals surface area (Å²) in [4.78, 5) is 11.4. The topological polar surface area (TPSA) is 37.3 Å². The molecule has 0 saturated carbocycles. The fraction of sp³-hybridized carbons (Fsp3) is 0.300. The van der Waals surface area contributed by atoms with Gasteiger partial charge in [0.15, 0.2) is 5.78 Å². The van der Waals surface area contributed by atoms with E-state index in [-0.39, 0.29) is 16.4 Å². The van der Waals surface area contributed by atoms with Gasteiger partial charge in [-0.05, 0) is 30.7 Å². The summed E-state index contributed by atoms with van der Waals surface area (Å²) in [7, 11) is 0. The van der Waals surface area contributed by atoms with E-state index in [0.29, 0.717) is 5.56 Å². The first-order chi connectivity index (χ1) is 6.15. The molecule has 1 N–H and O–H groups in total. The fourth-order valence-electron chi connectivity index (χ4n) is 0.992. The minimum atomic E-state index is -0.128. The second-order valence-electron chi connectivity index (χ2n) is 2.79. The fourth-order valence-corrected chi connectivity index (χ4v) is 1.26. The molecule has 0 fully saturated rings. The highest BCUT2D eigenvalue weighted by Gasteiger charge is 2.14. The van der Waals surface area contributed by atoms with Gasteiger partial charge in [0.25, 0.3) is 0 Å². The molecule has 0 heterocycles. The van der Waals surface area contributed by atoms with E-state index < -0.39 is 0 Å². The smallest absolute Gasteiger partial charge is 0.176 e. The molecule has 0 bridgehead atoms. The number of halogens is 1. The van der Waals surface area contributed by atoms with Gasteiger partial charge in [-0.25, -0.2) is 0 Å². The predicted octanol–water partition coefficient (Wildman–Crippen LogP) is 2.75. The summed E-state index contributed by atoms with van der Waals surface area (Å²) in [5, 5.41) is 9.01. The second-order valence-corrected chi connectivity index (χ2v) is 3.89. The van der Waals surface area contributed by atoms with E-state index >= 15 is 0 Å². The molecule has 1 rings (SSSR count). The van der Waals surface area contributed by atoms with Crippen molar-refractivity contribution in [2.24, 2.45) is 0 Å². The van der Waals surface area contributed by atoms with Crippen LogP contribution in [0.2, 0.25) is 0 Å². The minimum absolute atomic E-state index is 0.0579. The summed E-state index contributed by atoms with van der Waals surface area (Å²) in [6, 6.07) is 6.29. The van der Waals surface area contributed by atoms with Crippen molar-refractivity contribution in [1.29, 1.82) is 0 Å². The van der Waals surface area contributed by atoms with Gasteiger partial charge in [0.2, 0.25) is 0 Å². The largest absolute Gasteiger partial charge is 0.508 e. The van der Waals surface area contributed by atoms with Crippen LogP contribution >= 0.6 is 15.9 Å². The highest BCUT2D eigenvalue weighted by Crippen LogP contribution is 2.15. The highest BCUT2D eigenvalue weighted by atomic mass is 79.9. The number of alkyl halides is 1. The van der Waals surface area contributed by atoms with Crippen LogP contribution in [0.5, 0.6) is 5.75 Å². The van der Waals surface area contributed by atoms with Crippen molar-refractivity contribution < 1.29 is 9.90 Å². The number of phenols is 1. The molecule has 0 aliphatic heterocycles. The van der Waals surface area contributed by atoms with Crippen LogP contribution in [-0.4, -0.2) is 15.7 Å². The van der Waals surface area contributed by atoms with Crippen molar-refractivity contribution in [3.8, 4) is 5.75 Å². The molecule has 0 radical (unpaired) electrons. The lowest BCUT2D eigenvalue weighted by atomic mass is 10.1. The molecule has 0 amide bonds. The van der Waals surface area contributed by atoms with E-state index in [2.05, 4.69) is 15.9 Å².